The summed E-state index contributed by atoms with van der Waals surface area (Å²) in [6.45, 7) is 1.05. The van der Waals surface area contributed by atoms with Gasteiger partial charge in [-0.3, -0.25) is 4.79 Å². The van der Waals surface area contributed by atoms with E-state index in [1.165, 1.54) is 0 Å². The van der Waals surface area contributed by atoms with E-state index in [1.807, 2.05) is 0 Å². The minimum atomic E-state index is -0.935. The highest BCUT2D eigenvalue weighted by Gasteiger charge is 2.25. The second-order valence-corrected chi connectivity index (χ2v) is 4.91. The van der Waals surface area contributed by atoms with Gasteiger partial charge >= 0.3 is 12.0 Å². The molecule has 0 radical (unpaired) electrons. The molecule has 6 nitrogen and oxygen atoms in total. The van der Waals surface area contributed by atoms with E-state index in [4.69, 9.17) is 21.4 Å². The number of anilines is 1. The van der Waals surface area contributed by atoms with Crippen LogP contribution in [0.1, 0.15) is 6.42 Å². The number of urea groups is 1. The van der Waals surface area contributed by atoms with Crippen molar-refractivity contribution in [1.82, 2.24) is 4.90 Å². The van der Waals surface area contributed by atoms with Crippen LogP contribution in [0.4, 0.5) is 10.5 Å². The molecule has 0 aliphatic carbocycles. The fraction of sp³-hybridized carbons (Fsp3) is 0.385. The molecule has 2 amide bonds. The third kappa shape index (κ3) is 4.11. The summed E-state index contributed by atoms with van der Waals surface area (Å²) in [6.07, 6.45) is -0.567. The average molecular weight is 299 g/mol. The van der Waals surface area contributed by atoms with E-state index < -0.39 is 12.1 Å². The first-order valence-electron chi connectivity index (χ1n) is 6.19. The second kappa shape index (κ2) is 6.58. The van der Waals surface area contributed by atoms with Gasteiger partial charge in [0.25, 0.3) is 0 Å². The third-order valence-corrected chi connectivity index (χ3v) is 3.18. The molecule has 20 heavy (non-hydrogen) atoms. The fourth-order valence-corrected chi connectivity index (χ4v) is 2.08. The topological polar surface area (TPSA) is 78.9 Å². The number of carbonyl (C=O) groups excluding carboxylic acids is 1. The number of hydrogen-bond acceptors (Lipinski definition) is 3. The van der Waals surface area contributed by atoms with Crippen LogP contribution in [-0.4, -0.2) is 47.8 Å². The van der Waals surface area contributed by atoms with Gasteiger partial charge in [-0.2, -0.15) is 0 Å². The van der Waals surface area contributed by atoms with Crippen LogP contribution in [0, 0.1) is 0 Å². The molecule has 1 saturated heterocycles. The number of halogens is 1. The Morgan fingerprint density at radius 2 is 2.10 bits per heavy atom. The van der Waals surface area contributed by atoms with Gasteiger partial charge in [0.15, 0.2) is 0 Å². The molecule has 1 aromatic rings. The quantitative estimate of drug-likeness (QED) is 0.895. The summed E-state index contributed by atoms with van der Waals surface area (Å²) in [6, 6.07) is 6.50. The molecule has 0 aromatic heterocycles. The van der Waals surface area contributed by atoms with E-state index in [1.54, 1.807) is 29.2 Å². The Hall–Kier alpha value is -1.79. The number of aliphatic carboxylic acids is 1. The molecule has 2 rings (SSSR count). The van der Waals surface area contributed by atoms with E-state index in [-0.39, 0.29) is 19.0 Å². The highest BCUT2D eigenvalue weighted by atomic mass is 35.5. The maximum atomic E-state index is 12.1. The van der Waals surface area contributed by atoms with Crippen molar-refractivity contribution in [3.8, 4) is 0 Å². The summed E-state index contributed by atoms with van der Waals surface area (Å²) in [5.41, 5.74) is 0.640. The lowest BCUT2D eigenvalue weighted by Gasteiger charge is -2.32. The van der Waals surface area contributed by atoms with Gasteiger partial charge in [-0.15, -0.1) is 0 Å². The first kappa shape index (κ1) is 14.6. The normalized spacial score (nSPS) is 18.6. The van der Waals surface area contributed by atoms with Crippen LogP contribution >= 0.6 is 11.6 Å². The van der Waals surface area contributed by atoms with Gasteiger partial charge in [0, 0.05) is 23.8 Å². The van der Waals surface area contributed by atoms with Crippen molar-refractivity contribution < 1.29 is 19.4 Å². The molecule has 0 saturated carbocycles. The number of nitrogens with zero attached hydrogens (tertiary/aromatic N) is 1. The molecule has 0 bridgehead atoms. The van der Waals surface area contributed by atoms with Crippen molar-refractivity contribution in [2.75, 3.05) is 25.0 Å². The number of carboxylic acids is 1. The van der Waals surface area contributed by atoms with Gasteiger partial charge in [-0.25, -0.2) is 4.79 Å². The summed E-state index contributed by atoms with van der Waals surface area (Å²) in [4.78, 5) is 24.3. The van der Waals surface area contributed by atoms with Crippen molar-refractivity contribution >= 4 is 29.3 Å². The van der Waals surface area contributed by atoms with Crippen molar-refractivity contribution in [3.05, 3.63) is 29.3 Å². The van der Waals surface area contributed by atoms with E-state index in [0.717, 1.165) is 0 Å². The van der Waals surface area contributed by atoms with Crippen molar-refractivity contribution in [3.63, 3.8) is 0 Å². The number of hydrogen-bond donors (Lipinski definition) is 2. The van der Waals surface area contributed by atoms with Crippen LogP contribution in [0.25, 0.3) is 0 Å². The SMILES string of the molecule is O=C(O)CC1CN(C(=O)Nc2ccc(Cl)cc2)CCO1. The van der Waals surface area contributed by atoms with Gasteiger partial charge in [-0.05, 0) is 24.3 Å². The zero-order valence-corrected chi connectivity index (χ0v) is 11.5. The summed E-state index contributed by atoms with van der Waals surface area (Å²) in [7, 11) is 0. The Morgan fingerprint density at radius 1 is 1.40 bits per heavy atom. The highest BCUT2D eigenvalue weighted by Crippen LogP contribution is 2.15. The van der Waals surface area contributed by atoms with Crippen molar-refractivity contribution in [1.29, 1.82) is 0 Å². The maximum Gasteiger partial charge on any atom is 0.322 e. The lowest BCUT2D eigenvalue weighted by molar-refractivity contribution is -0.141. The smallest absolute Gasteiger partial charge is 0.322 e. The molecule has 1 aliphatic rings. The van der Waals surface area contributed by atoms with Gasteiger partial charge in [0.2, 0.25) is 0 Å². The van der Waals surface area contributed by atoms with E-state index in [0.29, 0.717) is 23.9 Å². The largest absolute Gasteiger partial charge is 0.481 e. The highest BCUT2D eigenvalue weighted by molar-refractivity contribution is 6.30. The summed E-state index contributed by atoms with van der Waals surface area (Å²) in [5.74, 6) is -0.935. The summed E-state index contributed by atoms with van der Waals surface area (Å²) < 4.78 is 5.32. The molecule has 1 heterocycles. The number of amides is 2. The summed E-state index contributed by atoms with van der Waals surface area (Å²) >= 11 is 5.77. The first-order chi connectivity index (χ1) is 9.54. The standard InChI is InChI=1S/C13H15ClN2O4/c14-9-1-3-10(4-2-9)15-13(19)16-5-6-20-11(8-16)7-12(17)18/h1-4,11H,5-8H2,(H,15,19)(H,17,18). The Balaban J connectivity index is 1.91. The van der Waals surface area contributed by atoms with Gasteiger partial charge in [0.05, 0.1) is 19.1 Å². The lowest BCUT2D eigenvalue weighted by Crippen LogP contribution is -2.47. The number of rotatable bonds is 3. The van der Waals surface area contributed by atoms with Gasteiger partial charge in [0.1, 0.15) is 0 Å². The lowest BCUT2D eigenvalue weighted by atomic mass is 10.2. The van der Waals surface area contributed by atoms with Crippen LogP contribution in [0.2, 0.25) is 5.02 Å². The molecule has 1 fully saturated rings. The monoisotopic (exact) mass is 298 g/mol. The Morgan fingerprint density at radius 3 is 2.75 bits per heavy atom. The maximum absolute atomic E-state index is 12.1. The number of morpholine rings is 1. The molecule has 2 N–H and O–H groups in total. The average Bonchev–Trinajstić information content (AvgIpc) is 2.41. The van der Waals surface area contributed by atoms with E-state index >= 15 is 0 Å². The number of carbonyl (C=O) groups is 2. The van der Waals surface area contributed by atoms with Gasteiger partial charge in [-0.1, -0.05) is 11.6 Å². The minimum Gasteiger partial charge on any atom is -0.481 e. The van der Waals surface area contributed by atoms with Crippen molar-refractivity contribution in [2.45, 2.75) is 12.5 Å². The number of carboxylic acid groups (broad SMARTS) is 1. The zero-order valence-electron chi connectivity index (χ0n) is 10.7. The summed E-state index contributed by atoms with van der Waals surface area (Å²) in [5, 5.41) is 12.1. The zero-order chi connectivity index (χ0) is 14.5. The van der Waals surface area contributed by atoms with Crippen LogP contribution in [0.5, 0.6) is 0 Å². The molecular weight excluding hydrogens is 284 g/mol. The Kier molecular flexibility index (Phi) is 4.81. The Bertz CT molecular complexity index is 492. The molecule has 1 unspecified atom stereocenters. The number of benzene rings is 1. The van der Waals surface area contributed by atoms with Crippen molar-refractivity contribution in [2.24, 2.45) is 0 Å². The Labute approximate surface area is 121 Å². The molecule has 0 spiro atoms. The first-order valence-corrected chi connectivity index (χ1v) is 6.57. The van der Waals surface area contributed by atoms with Crippen LogP contribution in [0.15, 0.2) is 24.3 Å². The predicted octanol–water partition coefficient (Wildman–Crippen LogP) is 2.05. The van der Waals surface area contributed by atoms with E-state index in [9.17, 15) is 9.59 Å². The molecular formula is C13H15ClN2O4. The molecule has 1 aliphatic heterocycles. The molecule has 7 heteroatoms. The molecule has 1 atom stereocenters. The number of nitrogens with one attached hydrogen (secondary N) is 1. The minimum absolute atomic E-state index is 0.106. The number of ether oxygens (including phenoxy) is 1. The van der Waals surface area contributed by atoms with Gasteiger partial charge < -0.3 is 20.1 Å². The van der Waals surface area contributed by atoms with Crippen LogP contribution in [0.3, 0.4) is 0 Å². The van der Waals surface area contributed by atoms with Crippen LogP contribution < -0.4 is 5.32 Å². The third-order valence-electron chi connectivity index (χ3n) is 2.92. The molecule has 108 valence electrons. The second-order valence-electron chi connectivity index (χ2n) is 4.47. The van der Waals surface area contributed by atoms with E-state index in [2.05, 4.69) is 5.32 Å². The van der Waals surface area contributed by atoms with Crippen LogP contribution in [-0.2, 0) is 9.53 Å². The molecule has 1 aromatic carbocycles. The predicted molar refractivity (Wildman–Crippen MR) is 74.0 cm³/mol. The fourth-order valence-electron chi connectivity index (χ4n) is 1.96.